The monoisotopic (exact) mass is 383 g/mol. The first kappa shape index (κ1) is 20.4. The number of nitrogens with zero attached hydrogens (tertiary/aromatic N) is 1. The van der Waals surface area contributed by atoms with Crippen LogP contribution in [-0.2, 0) is 9.53 Å². The highest BCUT2D eigenvalue weighted by atomic mass is 35.5. The summed E-state index contributed by atoms with van der Waals surface area (Å²) in [5.41, 5.74) is 0.250. The van der Waals surface area contributed by atoms with Gasteiger partial charge in [0.1, 0.15) is 23.5 Å². The van der Waals surface area contributed by atoms with Crippen LogP contribution in [0, 0.1) is 0 Å². The van der Waals surface area contributed by atoms with Crippen molar-refractivity contribution in [3.8, 4) is 5.75 Å². The lowest BCUT2D eigenvalue weighted by Crippen LogP contribution is -2.43. The number of hydrogen-bond donors (Lipinski definition) is 1. The molecule has 1 saturated heterocycles. The molecule has 26 heavy (non-hydrogen) atoms. The fourth-order valence-corrected chi connectivity index (χ4v) is 3.08. The molecule has 1 aromatic rings. The molecule has 0 aliphatic carbocycles. The van der Waals surface area contributed by atoms with Gasteiger partial charge in [0.2, 0.25) is 0 Å². The second-order valence-corrected chi connectivity index (χ2v) is 8.24. The van der Waals surface area contributed by atoms with Crippen molar-refractivity contribution in [1.82, 2.24) is 4.90 Å². The van der Waals surface area contributed by atoms with Gasteiger partial charge in [-0.05, 0) is 50.5 Å². The van der Waals surface area contributed by atoms with Crippen LogP contribution in [-0.4, -0.2) is 46.4 Å². The first-order valence-electron chi connectivity index (χ1n) is 8.66. The molecular formula is C19H26ClNO5. The summed E-state index contributed by atoms with van der Waals surface area (Å²) in [6.07, 6.45) is -0.868. The van der Waals surface area contributed by atoms with Gasteiger partial charge in [0, 0.05) is 11.4 Å². The van der Waals surface area contributed by atoms with Crippen LogP contribution in [0.4, 0.5) is 4.79 Å². The van der Waals surface area contributed by atoms with Crippen molar-refractivity contribution in [2.24, 2.45) is 0 Å². The van der Waals surface area contributed by atoms with Gasteiger partial charge in [0.15, 0.2) is 0 Å². The number of hydrogen-bond acceptors (Lipinski definition) is 4. The minimum absolute atomic E-state index is 0.159. The predicted molar refractivity (Wildman–Crippen MR) is 98.9 cm³/mol. The molecule has 1 fully saturated rings. The quantitative estimate of drug-likeness (QED) is 0.838. The van der Waals surface area contributed by atoms with Gasteiger partial charge in [-0.3, -0.25) is 4.90 Å². The van der Waals surface area contributed by atoms with E-state index in [1.54, 1.807) is 32.9 Å². The average Bonchev–Trinajstić information content (AvgIpc) is 2.91. The van der Waals surface area contributed by atoms with Crippen molar-refractivity contribution in [1.29, 1.82) is 0 Å². The first-order valence-corrected chi connectivity index (χ1v) is 9.04. The molecule has 0 bridgehead atoms. The lowest BCUT2D eigenvalue weighted by atomic mass is 10.0. The smallest absolute Gasteiger partial charge is 0.411 e. The van der Waals surface area contributed by atoms with Crippen LogP contribution in [0.5, 0.6) is 5.75 Å². The van der Waals surface area contributed by atoms with E-state index in [9.17, 15) is 14.7 Å². The molecule has 1 amide bonds. The van der Waals surface area contributed by atoms with Crippen molar-refractivity contribution < 1.29 is 24.2 Å². The Balaban J connectivity index is 2.18. The Labute approximate surface area is 159 Å². The number of carboxylic acids is 1. The Morgan fingerprint density at radius 3 is 2.50 bits per heavy atom. The Morgan fingerprint density at radius 2 is 1.96 bits per heavy atom. The third-order valence-electron chi connectivity index (χ3n) is 4.06. The van der Waals surface area contributed by atoms with E-state index in [-0.39, 0.29) is 18.9 Å². The summed E-state index contributed by atoms with van der Waals surface area (Å²) in [6.45, 7) is 9.44. The van der Waals surface area contributed by atoms with E-state index in [1.807, 2.05) is 19.9 Å². The number of amides is 1. The summed E-state index contributed by atoms with van der Waals surface area (Å²) in [5, 5.41) is 10.1. The zero-order chi connectivity index (χ0) is 19.6. The van der Waals surface area contributed by atoms with E-state index in [0.29, 0.717) is 10.8 Å². The number of likely N-dealkylation sites (tertiary alicyclic amines) is 1. The highest BCUT2D eigenvalue weighted by Gasteiger charge is 2.42. The molecule has 0 saturated carbocycles. The number of rotatable bonds is 4. The van der Waals surface area contributed by atoms with Crippen LogP contribution >= 0.6 is 11.6 Å². The van der Waals surface area contributed by atoms with Gasteiger partial charge in [0.25, 0.3) is 0 Å². The Morgan fingerprint density at radius 1 is 1.31 bits per heavy atom. The molecule has 1 aromatic carbocycles. The first-order chi connectivity index (χ1) is 12.0. The number of aliphatic carboxylic acids is 1. The number of carbonyl (C=O) groups excluding carboxylic acids is 1. The summed E-state index contributed by atoms with van der Waals surface area (Å²) in [7, 11) is 0. The van der Waals surface area contributed by atoms with Gasteiger partial charge in [-0.1, -0.05) is 25.4 Å². The molecule has 1 N–H and O–H groups in total. The van der Waals surface area contributed by atoms with Crippen LogP contribution in [0.2, 0.25) is 5.02 Å². The van der Waals surface area contributed by atoms with Crippen LogP contribution in [0.25, 0.3) is 0 Å². The maximum atomic E-state index is 12.4. The minimum atomic E-state index is -1.07. The summed E-state index contributed by atoms with van der Waals surface area (Å²) < 4.78 is 11.4. The van der Waals surface area contributed by atoms with E-state index in [4.69, 9.17) is 21.1 Å². The standard InChI is InChI=1S/C19H26ClNO5/c1-11(2)14-8-12(20)6-7-16(14)25-13-9-15(17(22)23)21(10-13)18(24)26-19(3,4)5/h6-8,11,13,15H,9-10H2,1-5H3,(H,22,23)/t13-,15+/m1/s1. The maximum absolute atomic E-state index is 12.4. The maximum Gasteiger partial charge on any atom is 0.411 e. The van der Waals surface area contributed by atoms with Crippen molar-refractivity contribution in [2.75, 3.05) is 6.54 Å². The molecule has 144 valence electrons. The van der Waals surface area contributed by atoms with E-state index in [0.717, 1.165) is 5.56 Å². The molecule has 7 heteroatoms. The van der Waals surface area contributed by atoms with Crippen molar-refractivity contribution >= 4 is 23.7 Å². The molecular weight excluding hydrogens is 358 g/mol. The zero-order valence-electron chi connectivity index (χ0n) is 15.8. The zero-order valence-corrected chi connectivity index (χ0v) is 16.5. The third kappa shape index (κ3) is 5.04. The fourth-order valence-electron chi connectivity index (χ4n) is 2.90. The highest BCUT2D eigenvalue weighted by Crippen LogP contribution is 2.32. The molecule has 6 nitrogen and oxygen atoms in total. The van der Waals surface area contributed by atoms with Gasteiger partial charge >= 0.3 is 12.1 Å². The summed E-state index contributed by atoms with van der Waals surface area (Å²) in [4.78, 5) is 25.2. The number of carboxylic acid groups (broad SMARTS) is 1. The molecule has 0 aromatic heterocycles. The topological polar surface area (TPSA) is 76.1 Å². The van der Waals surface area contributed by atoms with Gasteiger partial charge in [0.05, 0.1) is 6.54 Å². The lowest BCUT2D eigenvalue weighted by molar-refractivity contribution is -0.142. The van der Waals surface area contributed by atoms with Crippen LogP contribution in [0.3, 0.4) is 0 Å². The molecule has 0 spiro atoms. The number of halogens is 1. The normalized spacial score (nSPS) is 20.3. The van der Waals surface area contributed by atoms with Crippen molar-refractivity contribution in [3.05, 3.63) is 28.8 Å². The Kier molecular flexibility index (Phi) is 6.06. The van der Waals surface area contributed by atoms with Gasteiger partial charge < -0.3 is 14.6 Å². The largest absolute Gasteiger partial charge is 0.488 e. The van der Waals surface area contributed by atoms with Crippen molar-refractivity contribution in [3.63, 3.8) is 0 Å². The fraction of sp³-hybridized carbons (Fsp3) is 0.579. The minimum Gasteiger partial charge on any atom is -0.488 e. The Bertz CT molecular complexity index is 683. The van der Waals surface area contributed by atoms with E-state index >= 15 is 0 Å². The second kappa shape index (κ2) is 7.74. The molecule has 1 aliphatic heterocycles. The van der Waals surface area contributed by atoms with E-state index < -0.39 is 29.8 Å². The Hall–Kier alpha value is -1.95. The number of benzene rings is 1. The van der Waals surface area contributed by atoms with Gasteiger partial charge in [-0.25, -0.2) is 9.59 Å². The molecule has 1 heterocycles. The molecule has 2 atom stereocenters. The molecule has 1 aliphatic rings. The molecule has 2 rings (SSSR count). The lowest BCUT2D eigenvalue weighted by Gasteiger charge is -2.26. The summed E-state index contributed by atoms with van der Waals surface area (Å²) in [6, 6.07) is 4.39. The van der Waals surface area contributed by atoms with Crippen LogP contribution in [0.1, 0.15) is 52.5 Å². The van der Waals surface area contributed by atoms with Crippen molar-refractivity contribution in [2.45, 2.75) is 64.7 Å². The second-order valence-electron chi connectivity index (χ2n) is 7.80. The summed E-state index contributed by atoms with van der Waals surface area (Å²) >= 11 is 6.07. The molecule has 0 unspecified atom stereocenters. The third-order valence-corrected chi connectivity index (χ3v) is 4.30. The number of ether oxygens (including phenoxy) is 2. The highest BCUT2D eigenvalue weighted by molar-refractivity contribution is 6.30. The predicted octanol–water partition coefficient (Wildman–Crippen LogP) is 4.30. The van der Waals surface area contributed by atoms with Gasteiger partial charge in [-0.15, -0.1) is 0 Å². The van der Waals surface area contributed by atoms with E-state index in [2.05, 4.69) is 0 Å². The van der Waals surface area contributed by atoms with Gasteiger partial charge in [-0.2, -0.15) is 0 Å². The number of carbonyl (C=O) groups is 2. The SMILES string of the molecule is CC(C)c1cc(Cl)ccc1O[C@@H]1C[C@@H](C(=O)O)N(C(=O)OC(C)(C)C)C1. The molecule has 0 radical (unpaired) electrons. The van der Waals surface area contributed by atoms with E-state index in [1.165, 1.54) is 4.90 Å². The average molecular weight is 384 g/mol. The summed E-state index contributed by atoms with van der Waals surface area (Å²) in [5.74, 6) is -0.214. The van der Waals surface area contributed by atoms with Crippen LogP contribution < -0.4 is 4.74 Å². The van der Waals surface area contributed by atoms with Crippen LogP contribution in [0.15, 0.2) is 18.2 Å².